The fourth-order valence-electron chi connectivity index (χ4n) is 4.29. The predicted molar refractivity (Wildman–Crippen MR) is 122 cm³/mol. The van der Waals surface area contributed by atoms with Crippen LogP contribution in [0.3, 0.4) is 0 Å². The first-order chi connectivity index (χ1) is 14.6. The van der Waals surface area contributed by atoms with Crippen molar-refractivity contribution in [3.8, 4) is 0 Å². The summed E-state index contributed by atoms with van der Waals surface area (Å²) in [6, 6.07) is 23.6. The highest BCUT2D eigenvalue weighted by molar-refractivity contribution is 7.92. The van der Waals surface area contributed by atoms with Gasteiger partial charge in [0.2, 0.25) is 0 Å². The maximum absolute atomic E-state index is 13.3. The van der Waals surface area contributed by atoms with Crippen LogP contribution in [0.1, 0.15) is 30.4 Å². The van der Waals surface area contributed by atoms with E-state index in [2.05, 4.69) is 30.0 Å². The lowest BCUT2D eigenvalue weighted by Gasteiger charge is -2.33. The standard InChI is InChI=1S/C25H25N2O2S/c1-19-8-5-6-12-24(19)27(21-13-14-21)22-15-16-25-20(18-22)9-7-17-26(25)30(28,29)23-10-3-2-4-11-23/h2-6,8,10-12,15-16,18,21H,1,7,9,13-14,17H2. The van der Waals surface area contributed by atoms with Crippen molar-refractivity contribution in [3.63, 3.8) is 0 Å². The number of hydrogen-bond donors (Lipinski definition) is 0. The third-order valence-corrected chi connectivity index (χ3v) is 7.74. The zero-order valence-electron chi connectivity index (χ0n) is 16.9. The summed E-state index contributed by atoms with van der Waals surface area (Å²) in [5.74, 6) is 0. The van der Waals surface area contributed by atoms with Gasteiger partial charge in [-0.2, -0.15) is 0 Å². The first kappa shape index (κ1) is 19.2. The molecule has 5 rings (SSSR count). The monoisotopic (exact) mass is 417 g/mol. The Hall–Kier alpha value is -2.79. The smallest absolute Gasteiger partial charge is 0.264 e. The molecule has 0 saturated heterocycles. The molecule has 1 aliphatic heterocycles. The summed E-state index contributed by atoms with van der Waals surface area (Å²) >= 11 is 0. The minimum absolute atomic E-state index is 0.340. The number of sulfonamides is 1. The molecule has 1 radical (unpaired) electrons. The highest BCUT2D eigenvalue weighted by atomic mass is 32.2. The van der Waals surface area contributed by atoms with Crippen molar-refractivity contribution in [1.82, 2.24) is 0 Å². The van der Waals surface area contributed by atoms with E-state index in [9.17, 15) is 8.42 Å². The largest absolute Gasteiger partial charge is 0.338 e. The fraction of sp³-hybridized carbons (Fsp3) is 0.240. The number of fused-ring (bicyclic) bond motifs is 1. The Kier molecular flexibility index (Phi) is 4.78. The maximum Gasteiger partial charge on any atom is 0.264 e. The van der Waals surface area contributed by atoms with Gasteiger partial charge in [0.05, 0.1) is 10.6 Å². The molecule has 0 atom stereocenters. The van der Waals surface area contributed by atoms with Crippen LogP contribution in [0.25, 0.3) is 0 Å². The molecule has 3 aromatic rings. The number of hydrogen-bond acceptors (Lipinski definition) is 3. The van der Waals surface area contributed by atoms with Crippen molar-refractivity contribution in [2.45, 2.75) is 36.6 Å². The fourth-order valence-corrected chi connectivity index (χ4v) is 5.86. The topological polar surface area (TPSA) is 40.6 Å². The van der Waals surface area contributed by atoms with Gasteiger partial charge in [0.25, 0.3) is 10.0 Å². The first-order valence-electron chi connectivity index (χ1n) is 10.5. The van der Waals surface area contributed by atoms with Crippen LogP contribution >= 0.6 is 0 Å². The van der Waals surface area contributed by atoms with Crippen LogP contribution in [0.5, 0.6) is 0 Å². The highest BCUT2D eigenvalue weighted by Gasteiger charge is 2.33. The average Bonchev–Trinajstić information content (AvgIpc) is 3.60. The molecule has 5 heteroatoms. The van der Waals surface area contributed by atoms with Crippen LogP contribution < -0.4 is 9.21 Å². The first-order valence-corrected chi connectivity index (χ1v) is 11.9. The molecule has 153 valence electrons. The Morgan fingerprint density at radius 2 is 1.67 bits per heavy atom. The molecule has 1 fully saturated rings. The van der Waals surface area contributed by atoms with Gasteiger partial charge in [-0.15, -0.1) is 0 Å². The van der Waals surface area contributed by atoms with Gasteiger partial charge < -0.3 is 4.90 Å². The van der Waals surface area contributed by atoms with Crippen LogP contribution in [0.15, 0.2) is 77.7 Å². The number of para-hydroxylation sites is 1. The van der Waals surface area contributed by atoms with E-state index in [-0.39, 0.29) is 0 Å². The number of aryl methyl sites for hydroxylation is 1. The van der Waals surface area contributed by atoms with Crippen molar-refractivity contribution in [2.24, 2.45) is 0 Å². The second kappa shape index (κ2) is 7.47. The highest BCUT2D eigenvalue weighted by Crippen LogP contribution is 2.42. The predicted octanol–water partition coefficient (Wildman–Crippen LogP) is 5.31. The van der Waals surface area contributed by atoms with Gasteiger partial charge in [-0.25, -0.2) is 8.42 Å². The van der Waals surface area contributed by atoms with Crippen LogP contribution in [0.4, 0.5) is 17.1 Å². The summed E-state index contributed by atoms with van der Waals surface area (Å²) in [5.41, 5.74) is 5.14. The van der Waals surface area contributed by atoms with Crippen molar-refractivity contribution in [3.05, 3.63) is 90.8 Å². The lowest BCUT2D eigenvalue weighted by Crippen LogP contribution is -2.35. The van der Waals surface area contributed by atoms with Crippen molar-refractivity contribution < 1.29 is 8.42 Å². The zero-order valence-corrected chi connectivity index (χ0v) is 17.7. The number of benzene rings is 3. The normalized spacial score (nSPS) is 16.2. The Bertz CT molecular complexity index is 1170. The molecular weight excluding hydrogens is 392 g/mol. The minimum atomic E-state index is -3.56. The third kappa shape index (κ3) is 3.37. The van der Waals surface area contributed by atoms with E-state index >= 15 is 0 Å². The van der Waals surface area contributed by atoms with E-state index in [4.69, 9.17) is 0 Å². The van der Waals surface area contributed by atoms with Gasteiger partial charge >= 0.3 is 0 Å². The third-order valence-electron chi connectivity index (χ3n) is 5.91. The summed E-state index contributed by atoms with van der Waals surface area (Å²) in [5, 5.41) is 0. The van der Waals surface area contributed by atoms with Crippen molar-refractivity contribution in [2.75, 3.05) is 15.7 Å². The Morgan fingerprint density at radius 1 is 0.933 bits per heavy atom. The molecule has 0 amide bonds. The molecular formula is C25H25N2O2S. The average molecular weight is 418 g/mol. The van der Waals surface area contributed by atoms with E-state index in [1.54, 1.807) is 28.6 Å². The molecule has 0 N–H and O–H groups in total. The van der Waals surface area contributed by atoms with Crippen LogP contribution in [0, 0.1) is 6.92 Å². The molecule has 2 aliphatic rings. The Labute approximate surface area is 178 Å². The molecule has 1 aliphatic carbocycles. The summed E-state index contributed by atoms with van der Waals surface area (Å²) < 4.78 is 28.1. The Morgan fingerprint density at radius 3 is 2.40 bits per heavy atom. The number of nitrogens with zero attached hydrogens (tertiary/aromatic N) is 2. The van der Waals surface area contributed by atoms with E-state index in [1.807, 2.05) is 30.3 Å². The molecule has 0 bridgehead atoms. The second-order valence-corrected chi connectivity index (χ2v) is 9.90. The number of rotatable bonds is 5. The second-order valence-electron chi connectivity index (χ2n) is 8.04. The van der Waals surface area contributed by atoms with Gasteiger partial charge in [0.1, 0.15) is 0 Å². The minimum Gasteiger partial charge on any atom is -0.338 e. The molecule has 30 heavy (non-hydrogen) atoms. The van der Waals surface area contributed by atoms with Crippen molar-refractivity contribution >= 4 is 27.1 Å². The molecule has 0 unspecified atom stereocenters. The summed E-state index contributed by atoms with van der Waals surface area (Å²) in [6.07, 6.45) is 4.03. The van der Waals surface area contributed by atoms with Crippen LogP contribution in [-0.2, 0) is 16.4 Å². The van der Waals surface area contributed by atoms with Crippen LogP contribution in [0.2, 0.25) is 0 Å². The lowest BCUT2D eigenvalue weighted by molar-refractivity contribution is 0.586. The van der Waals surface area contributed by atoms with E-state index in [0.717, 1.165) is 41.0 Å². The number of anilines is 3. The van der Waals surface area contributed by atoms with E-state index < -0.39 is 10.0 Å². The van der Waals surface area contributed by atoms with Gasteiger partial charge in [-0.1, -0.05) is 36.4 Å². The zero-order chi connectivity index (χ0) is 20.7. The molecule has 0 aromatic heterocycles. The lowest BCUT2D eigenvalue weighted by atomic mass is 10.0. The molecule has 1 saturated carbocycles. The summed E-state index contributed by atoms with van der Waals surface area (Å²) in [4.78, 5) is 2.71. The van der Waals surface area contributed by atoms with E-state index in [0.29, 0.717) is 17.5 Å². The summed E-state index contributed by atoms with van der Waals surface area (Å²) in [7, 11) is -3.56. The van der Waals surface area contributed by atoms with Crippen molar-refractivity contribution in [1.29, 1.82) is 0 Å². The Balaban J connectivity index is 1.55. The quantitative estimate of drug-likeness (QED) is 0.565. The van der Waals surface area contributed by atoms with Gasteiger partial charge in [0.15, 0.2) is 0 Å². The molecule has 4 nitrogen and oxygen atoms in total. The van der Waals surface area contributed by atoms with E-state index in [1.165, 1.54) is 12.8 Å². The van der Waals surface area contributed by atoms with Gasteiger partial charge in [0, 0.05) is 24.0 Å². The molecule has 3 aromatic carbocycles. The molecule has 0 spiro atoms. The molecule has 1 heterocycles. The van der Waals surface area contributed by atoms with Crippen LogP contribution in [-0.4, -0.2) is 21.0 Å². The SMILES string of the molecule is [CH2]c1ccccc1N(c1ccc2c(c1)CCCN2S(=O)(=O)c1ccccc1)C1CC1. The van der Waals surface area contributed by atoms with Gasteiger partial charge in [-0.05, 0) is 80.1 Å². The van der Waals surface area contributed by atoms with Gasteiger partial charge in [-0.3, -0.25) is 4.31 Å². The maximum atomic E-state index is 13.3. The summed E-state index contributed by atoms with van der Waals surface area (Å²) in [6.45, 7) is 4.72.